The number of carbonyl (C=O) groups excluding carboxylic acids is 3. The van der Waals surface area contributed by atoms with Crippen molar-refractivity contribution in [2.45, 2.75) is 6.92 Å². The van der Waals surface area contributed by atoms with Crippen LogP contribution < -0.4 is 19.5 Å². The third kappa shape index (κ3) is 5.95. The molecule has 1 N–H and O–H groups in total. The summed E-state index contributed by atoms with van der Waals surface area (Å²) in [5.74, 6) is 0.500. The molecule has 0 atom stereocenters. The quantitative estimate of drug-likeness (QED) is 0.410. The number of hydrogen-bond acceptors (Lipinski definition) is 7. The molecule has 9 heteroatoms. The summed E-state index contributed by atoms with van der Waals surface area (Å²) in [5, 5.41) is 2.15. The van der Waals surface area contributed by atoms with Crippen molar-refractivity contribution < 1.29 is 28.6 Å². The maximum Gasteiger partial charge on any atom is 0.294 e. The lowest BCUT2D eigenvalue weighted by Gasteiger charge is -2.14. The fraction of sp³-hybridized carbons (Fsp3) is 0.208. The number of ether oxygens (including phenoxy) is 3. The van der Waals surface area contributed by atoms with Crippen LogP contribution in [0, 0.1) is 0 Å². The van der Waals surface area contributed by atoms with Gasteiger partial charge in [-0.2, -0.15) is 0 Å². The van der Waals surface area contributed by atoms with E-state index in [1.165, 1.54) is 7.11 Å². The van der Waals surface area contributed by atoms with E-state index >= 15 is 0 Å². The lowest BCUT2D eigenvalue weighted by molar-refractivity contribution is -0.127. The molecule has 0 radical (unpaired) electrons. The Morgan fingerprint density at radius 1 is 1.12 bits per heavy atom. The van der Waals surface area contributed by atoms with Crippen LogP contribution >= 0.6 is 11.8 Å². The zero-order valence-electron chi connectivity index (χ0n) is 18.3. The van der Waals surface area contributed by atoms with Crippen LogP contribution in [-0.2, 0) is 9.59 Å². The fourth-order valence-electron chi connectivity index (χ4n) is 3.02. The number of imide groups is 1. The van der Waals surface area contributed by atoms with Gasteiger partial charge in [0.25, 0.3) is 11.1 Å². The second-order valence-electron chi connectivity index (χ2n) is 6.76. The predicted octanol–water partition coefficient (Wildman–Crippen LogP) is 4.33. The highest BCUT2D eigenvalue weighted by atomic mass is 32.2. The largest absolute Gasteiger partial charge is 0.495 e. The number of carbonyl (C=O) groups is 3. The molecule has 1 fully saturated rings. The van der Waals surface area contributed by atoms with Crippen molar-refractivity contribution in [2.24, 2.45) is 0 Å². The minimum Gasteiger partial charge on any atom is -0.495 e. The SMILES string of the molecule is C=CCOc1ccc(/C=C2/SC(=O)N(CC(=O)Nc3ccccc3OC)C2=O)cc1OCC. The van der Waals surface area contributed by atoms with Gasteiger partial charge in [0.2, 0.25) is 5.91 Å². The Morgan fingerprint density at radius 3 is 2.64 bits per heavy atom. The standard InChI is InChI=1S/C24H24N2O6S/c1-4-12-32-19-11-10-16(13-20(19)31-5-2)14-21-23(28)26(24(29)33-21)15-22(27)25-17-8-6-7-9-18(17)30-3/h4,6-11,13-14H,1,5,12,15H2,2-3H3,(H,25,27)/b21-14+. The Bertz CT molecular complexity index is 1100. The summed E-state index contributed by atoms with van der Waals surface area (Å²) in [6, 6.07) is 12.1. The van der Waals surface area contributed by atoms with Crippen LogP contribution in [0.2, 0.25) is 0 Å². The third-order valence-corrected chi connectivity index (χ3v) is 5.39. The first kappa shape index (κ1) is 23.9. The van der Waals surface area contributed by atoms with Crippen LogP contribution in [0.25, 0.3) is 6.08 Å². The van der Waals surface area contributed by atoms with E-state index in [4.69, 9.17) is 14.2 Å². The van der Waals surface area contributed by atoms with Crippen LogP contribution in [0.1, 0.15) is 12.5 Å². The number of amides is 3. The first-order valence-electron chi connectivity index (χ1n) is 10.2. The summed E-state index contributed by atoms with van der Waals surface area (Å²) >= 11 is 0.778. The van der Waals surface area contributed by atoms with Crippen LogP contribution in [0.5, 0.6) is 17.2 Å². The molecule has 2 aromatic carbocycles. The average molecular weight is 469 g/mol. The number of nitrogens with zero attached hydrogens (tertiary/aromatic N) is 1. The zero-order valence-corrected chi connectivity index (χ0v) is 19.1. The molecule has 0 aromatic heterocycles. The first-order valence-corrected chi connectivity index (χ1v) is 11.0. The van der Waals surface area contributed by atoms with E-state index in [-0.39, 0.29) is 4.91 Å². The topological polar surface area (TPSA) is 94.2 Å². The summed E-state index contributed by atoms with van der Waals surface area (Å²) in [7, 11) is 1.49. The maximum atomic E-state index is 12.8. The minimum atomic E-state index is -0.537. The molecular formula is C24H24N2O6S. The molecule has 1 heterocycles. The molecule has 0 spiro atoms. The molecule has 3 amide bonds. The summed E-state index contributed by atoms with van der Waals surface area (Å²) in [6.07, 6.45) is 3.21. The zero-order chi connectivity index (χ0) is 23.8. The van der Waals surface area contributed by atoms with Gasteiger partial charge in [-0.05, 0) is 54.6 Å². The highest BCUT2D eigenvalue weighted by molar-refractivity contribution is 8.18. The molecule has 0 bridgehead atoms. The van der Waals surface area contributed by atoms with Gasteiger partial charge in [0, 0.05) is 0 Å². The molecule has 0 saturated carbocycles. The highest BCUT2D eigenvalue weighted by Crippen LogP contribution is 2.35. The Kier molecular flexibility index (Phi) is 8.15. The van der Waals surface area contributed by atoms with E-state index in [1.807, 2.05) is 6.92 Å². The van der Waals surface area contributed by atoms with Crippen molar-refractivity contribution in [1.29, 1.82) is 0 Å². The van der Waals surface area contributed by atoms with Crippen LogP contribution in [-0.4, -0.2) is 48.8 Å². The average Bonchev–Trinajstić information content (AvgIpc) is 3.06. The van der Waals surface area contributed by atoms with E-state index < -0.39 is 23.6 Å². The van der Waals surface area contributed by atoms with Gasteiger partial charge in [0.05, 0.1) is 24.3 Å². The van der Waals surface area contributed by atoms with Gasteiger partial charge >= 0.3 is 0 Å². The number of para-hydroxylation sites is 2. The molecule has 1 saturated heterocycles. The van der Waals surface area contributed by atoms with Crippen molar-refractivity contribution in [3.05, 3.63) is 65.6 Å². The Morgan fingerprint density at radius 2 is 1.91 bits per heavy atom. The summed E-state index contributed by atoms with van der Waals surface area (Å²) < 4.78 is 16.4. The lowest BCUT2D eigenvalue weighted by Crippen LogP contribution is -2.36. The summed E-state index contributed by atoms with van der Waals surface area (Å²) in [4.78, 5) is 38.8. The van der Waals surface area contributed by atoms with Gasteiger partial charge in [0.1, 0.15) is 18.9 Å². The van der Waals surface area contributed by atoms with Crippen LogP contribution in [0.4, 0.5) is 10.5 Å². The number of nitrogens with one attached hydrogen (secondary N) is 1. The molecule has 1 aliphatic rings. The molecule has 3 rings (SSSR count). The van der Waals surface area contributed by atoms with Gasteiger partial charge in [-0.1, -0.05) is 30.9 Å². The Labute approximate surface area is 196 Å². The van der Waals surface area contributed by atoms with E-state index in [1.54, 1.807) is 54.6 Å². The molecular weight excluding hydrogens is 444 g/mol. The predicted molar refractivity (Wildman–Crippen MR) is 128 cm³/mol. The van der Waals surface area contributed by atoms with E-state index in [2.05, 4.69) is 11.9 Å². The molecule has 8 nitrogen and oxygen atoms in total. The molecule has 172 valence electrons. The van der Waals surface area contributed by atoms with Crippen LogP contribution in [0.3, 0.4) is 0 Å². The van der Waals surface area contributed by atoms with Gasteiger partial charge in [-0.3, -0.25) is 19.3 Å². The molecule has 0 unspecified atom stereocenters. The number of rotatable bonds is 10. The Hall–Kier alpha value is -3.72. The monoisotopic (exact) mass is 468 g/mol. The molecule has 2 aromatic rings. The Balaban J connectivity index is 1.73. The highest BCUT2D eigenvalue weighted by Gasteiger charge is 2.36. The van der Waals surface area contributed by atoms with E-state index in [9.17, 15) is 14.4 Å². The van der Waals surface area contributed by atoms with Crippen molar-refractivity contribution in [3.63, 3.8) is 0 Å². The number of hydrogen-bond donors (Lipinski definition) is 1. The van der Waals surface area contributed by atoms with Crippen molar-refractivity contribution in [2.75, 3.05) is 32.2 Å². The van der Waals surface area contributed by atoms with Crippen molar-refractivity contribution in [3.8, 4) is 17.2 Å². The van der Waals surface area contributed by atoms with Gasteiger partial charge in [0.15, 0.2) is 11.5 Å². The minimum absolute atomic E-state index is 0.215. The van der Waals surface area contributed by atoms with E-state index in [0.717, 1.165) is 16.7 Å². The number of anilines is 1. The fourth-order valence-corrected chi connectivity index (χ4v) is 3.86. The third-order valence-electron chi connectivity index (χ3n) is 4.48. The second kappa shape index (κ2) is 11.2. The maximum absolute atomic E-state index is 12.8. The van der Waals surface area contributed by atoms with Crippen LogP contribution in [0.15, 0.2) is 60.0 Å². The van der Waals surface area contributed by atoms with Gasteiger partial charge in [-0.25, -0.2) is 0 Å². The van der Waals surface area contributed by atoms with Gasteiger partial charge in [-0.15, -0.1) is 0 Å². The summed E-state index contributed by atoms with van der Waals surface area (Å²) in [5.41, 5.74) is 1.11. The van der Waals surface area contributed by atoms with E-state index in [0.29, 0.717) is 41.7 Å². The smallest absolute Gasteiger partial charge is 0.294 e. The lowest BCUT2D eigenvalue weighted by atomic mass is 10.2. The van der Waals surface area contributed by atoms with Gasteiger partial charge < -0.3 is 19.5 Å². The number of methoxy groups -OCH3 is 1. The van der Waals surface area contributed by atoms with Crippen molar-refractivity contribution >= 4 is 40.6 Å². The second-order valence-corrected chi connectivity index (χ2v) is 7.75. The number of benzene rings is 2. The molecule has 33 heavy (non-hydrogen) atoms. The normalized spacial score (nSPS) is 14.4. The summed E-state index contributed by atoms with van der Waals surface area (Å²) in [6.45, 7) is 5.84. The first-order chi connectivity index (χ1) is 16.0. The molecule has 0 aliphatic carbocycles. The number of thioether (sulfide) groups is 1. The molecule has 1 aliphatic heterocycles. The van der Waals surface area contributed by atoms with Crippen molar-refractivity contribution in [1.82, 2.24) is 4.90 Å².